The lowest BCUT2D eigenvalue weighted by molar-refractivity contribution is -0.149. The molecule has 0 aliphatic rings. The van der Waals surface area contributed by atoms with E-state index in [9.17, 15) is 4.79 Å². The van der Waals surface area contributed by atoms with Gasteiger partial charge in [-0.3, -0.25) is 4.79 Å². The van der Waals surface area contributed by atoms with E-state index in [0.717, 1.165) is 12.8 Å². The van der Waals surface area contributed by atoms with Crippen molar-refractivity contribution < 1.29 is 9.53 Å². The van der Waals surface area contributed by atoms with E-state index in [-0.39, 0.29) is 12.1 Å². The van der Waals surface area contributed by atoms with Crippen LogP contribution >= 0.6 is 0 Å². The average Bonchev–Trinajstić information content (AvgIpc) is 2.01. The molecule has 0 aromatic rings. The van der Waals surface area contributed by atoms with Gasteiger partial charge in [-0.25, -0.2) is 0 Å². The number of ether oxygens (including phenoxy) is 1. The maximum absolute atomic E-state index is 10.9. The van der Waals surface area contributed by atoms with Crippen molar-refractivity contribution in [3.05, 3.63) is 12.7 Å². The van der Waals surface area contributed by atoms with Gasteiger partial charge in [0.1, 0.15) is 6.10 Å². The molecule has 0 saturated carbocycles. The molecule has 0 spiro atoms. The van der Waals surface area contributed by atoms with Gasteiger partial charge in [-0.2, -0.15) is 0 Å². The third kappa shape index (κ3) is 5.79. The first-order valence-electron chi connectivity index (χ1n) is 5.25. The molecule has 0 rings (SSSR count). The second-order valence-corrected chi connectivity index (χ2v) is 4.28. The monoisotopic (exact) mass is 198 g/mol. The molecule has 0 aromatic carbocycles. The lowest BCUT2D eigenvalue weighted by Gasteiger charge is -2.24. The summed E-state index contributed by atoms with van der Waals surface area (Å²) in [5.74, 6) is 0.719. The lowest BCUT2D eigenvalue weighted by Crippen LogP contribution is -2.25. The van der Waals surface area contributed by atoms with E-state index in [0.29, 0.717) is 11.8 Å². The molecule has 2 atom stereocenters. The molecule has 0 N–H and O–H groups in total. The third-order valence-corrected chi connectivity index (χ3v) is 2.19. The topological polar surface area (TPSA) is 26.3 Å². The minimum Gasteiger partial charge on any atom is -0.462 e. The number of carbonyl (C=O) groups excluding carboxylic acids is 1. The summed E-state index contributed by atoms with van der Waals surface area (Å²) in [5, 5.41) is 0. The first kappa shape index (κ1) is 13.2. The Morgan fingerprint density at radius 2 is 2.00 bits per heavy atom. The van der Waals surface area contributed by atoms with Crippen LogP contribution in [0.15, 0.2) is 12.7 Å². The maximum atomic E-state index is 10.9. The van der Waals surface area contributed by atoms with Gasteiger partial charge in [0.05, 0.1) is 0 Å². The highest BCUT2D eigenvalue weighted by Gasteiger charge is 2.20. The van der Waals surface area contributed by atoms with Crippen molar-refractivity contribution in [2.75, 3.05) is 0 Å². The van der Waals surface area contributed by atoms with Crippen LogP contribution < -0.4 is 0 Å². The summed E-state index contributed by atoms with van der Waals surface area (Å²) in [6.45, 7) is 11.5. The fraction of sp³-hybridized carbons (Fsp3) is 0.750. The highest BCUT2D eigenvalue weighted by molar-refractivity contribution is 5.66. The zero-order chi connectivity index (χ0) is 11.1. The average molecular weight is 198 g/mol. The molecule has 0 fully saturated rings. The van der Waals surface area contributed by atoms with Crippen LogP contribution in [0, 0.1) is 11.8 Å². The van der Waals surface area contributed by atoms with Crippen LogP contribution in [0.25, 0.3) is 0 Å². The molecule has 82 valence electrons. The predicted molar refractivity (Wildman–Crippen MR) is 59.0 cm³/mol. The number of esters is 1. The fourth-order valence-corrected chi connectivity index (χ4v) is 1.49. The van der Waals surface area contributed by atoms with Gasteiger partial charge in [0, 0.05) is 6.92 Å². The summed E-state index contributed by atoms with van der Waals surface area (Å²) in [7, 11) is 0. The molecule has 14 heavy (non-hydrogen) atoms. The van der Waals surface area contributed by atoms with Gasteiger partial charge in [-0.1, -0.05) is 26.8 Å². The molecule has 0 aliphatic heterocycles. The molecule has 0 aliphatic carbocycles. The summed E-state index contributed by atoms with van der Waals surface area (Å²) in [4.78, 5) is 10.9. The quantitative estimate of drug-likeness (QED) is 0.484. The number of hydrogen-bond donors (Lipinski definition) is 0. The molecule has 2 unspecified atom stereocenters. The second-order valence-electron chi connectivity index (χ2n) is 4.28. The van der Waals surface area contributed by atoms with Crippen molar-refractivity contribution in [3.8, 4) is 0 Å². The lowest BCUT2D eigenvalue weighted by atomic mass is 9.93. The van der Waals surface area contributed by atoms with Crippen molar-refractivity contribution in [3.63, 3.8) is 0 Å². The molecule has 2 heteroatoms. The van der Waals surface area contributed by atoms with Crippen LogP contribution in [-0.4, -0.2) is 12.1 Å². The first-order valence-corrected chi connectivity index (χ1v) is 5.25. The van der Waals surface area contributed by atoms with E-state index < -0.39 is 0 Å². The Morgan fingerprint density at radius 1 is 1.43 bits per heavy atom. The maximum Gasteiger partial charge on any atom is 0.302 e. The largest absolute Gasteiger partial charge is 0.462 e. The van der Waals surface area contributed by atoms with Gasteiger partial charge in [0.25, 0.3) is 0 Å². The van der Waals surface area contributed by atoms with E-state index in [4.69, 9.17) is 4.74 Å². The summed E-state index contributed by atoms with van der Waals surface area (Å²) in [6, 6.07) is 0. The zero-order valence-corrected chi connectivity index (χ0v) is 9.75. The summed E-state index contributed by atoms with van der Waals surface area (Å²) in [5.41, 5.74) is 0. The predicted octanol–water partition coefficient (Wildman–Crippen LogP) is 3.18. The van der Waals surface area contributed by atoms with Crippen molar-refractivity contribution >= 4 is 5.97 Å². The SMILES string of the molecule is C=CCC(C)C(CC(C)C)OC(C)=O. The van der Waals surface area contributed by atoms with E-state index in [1.165, 1.54) is 6.92 Å². The van der Waals surface area contributed by atoms with Crippen LogP contribution in [0.1, 0.15) is 40.5 Å². The molecule has 0 radical (unpaired) electrons. The minimum atomic E-state index is -0.188. The Kier molecular flexibility index (Phi) is 6.26. The van der Waals surface area contributed by atoms with E-state index in [1.807, 2.05) is 6.08 Å². The van der Waals surface area contributed by atoms with Gasteiger partial charge < -0.3 is 4.74 Å². The Bertz CT molecular complexity index is 185. The summed E-state index contributed by atoms with van der Waals surface area (Å²) in [6.07, 6.45) is 3.73. The molecule has 0 bridgehead atoms. The van der Waals surface area contributed by atoms with Gasteiger partial charge in [-0.15, -0.1) is 6.58 Å². The summed E-state index contributed by atoms with van der Waals surface area (Å²) < 4.78 is 5.29. The van der Waals surface area contributed by atoms with Crippen molar-refractivity contribution in [2.45, 2.75) is 46.6 Å². The molecular weight excluding hydrogens is 176 g/mol. The molecule has 2 nitrogen and oxygen atoms in total. The number of carbonyl (C=O) groups is 1. The van der Waals surface area contributed by atoms with Gasteiger partial charge in [0.15, 0.2) is 0 Å². The normalized spacial score (nSPS) is 14.9. The standard InChI is InChI=1S/C12H22O2/c1-6-7-10(4)12(8-9(2)3)14-11(5)13/h6,9-10,12H,1,7-8H2,2-5H3. The highest BCUT2D eigenvalue weighted by atomic mass is 16.5. The van der Waals surface area contributed by atoms with Gasteiger partial charge >= 0.3 is 5.97 Å². The molecule has 0 aromatic heterocycles. The van der Waals surface area contributed by atoms with E-state index in [2.05, 4.69) is 27.4 Å². The third-order valence-electron chi connectivity index (χ3n) is 2.19. The number of rotatable bonds is 6. The van der Waals surface area contributed by atoms with Crippen LogP contribution in [0.3, 0.4) is 0 Å². The Hall–Kier alpha value is -0.790. The Morgan fingerprint density at radius 3 is 2.36 bits per heavy atom. The first-order chi connectivity index (χ1) is 6.47. The van der Waals surface area contributed by atoms with Crippen LogP contribution in [-0.2, 0) is 9.53 Å². The molecule has 0 heterocycles. The van der Waals surface area contributed by atoms with E-state index >= 15 is 0 Å². The summed E-state index contributed by atoms with van der Waals surface area (Å²) >= 11 is 0. The van der Waals surface area contributed by atoms with Crippen LogP contribution in [0.2, 0.25) is 0 Å². The Balaban J connectivity index is 4.21. The Labute approximate surface area is 87.3 Å². The highest BCUT2D eigenvalue weighted by Crippen LogP contribution is 2.19. The number of hydrogen-bond acceptors (Lipinski definition) is 2. The van der Waals surface area contributed by atoms with Crippen LogP contribution in [0.5, 0.6) is 0 Å². The minimum absolute atomic E-state index is 0.0329. The zero-order valence-electron chi connectivity index (χ0n) is 9.75. The fourth-order valence-electron chi connectivity index (χ4n) is 1.49. The molecular formula is C12H22O2. The van der Waals surface area contributed by atoms with Gasteiger partial charge in [-0.05, 0) is 24.7 Å². The van der Waals surface area contributed by atoms with Gasteiger partial charge in [0.2, 0.25) is 0 Å². The molecule has 0 amide bonds. The van der Waals surface area contributed by atoms with E-state index in [1.54, 1.807) is 0 Å². The van der Waals surface area contributed by atoms with Crippen molar-refractivity contribution in [1.82, 2.24) is 0 Å². The van der Waals surface area contributed by atoms with Crippen LogP contribution in [0.4, 0.5) is 0 Å². The number of allylic oxidation sites excluding steroid dienone is 1. The van der Waals surface area contributed by atoms with Crippen molar-refractivity contribution in [1.29, 1.82) is 0 Å². The molecule has 0 saturated heterocycles. The van der Waals surface area contributed by atoms with Crippen molar-refractivity contribution in [2.24, 2.45) is 11.8 Å². The second kappa shape index (κ2) is 6.63. The smallest absolute Gasteiger partial charge is 0.302 e.